The highest BCUT2D eigenvalue weighted by atomic mass is 35.5. The molecule has 0 heterocycles. The van der Waals surface area contributed by atoms with Crippen molar-refractivity contribution in [1.82, 2.24) is 15.5 Å². The molecule has 200 valence electrons. The van der Waals surface area contributed by atoms with E-state index < -0.39 is 6.04 Å². The highest BCUT2D eigenvalue weighted by Gasteiger charge is 2.24. The number of unbranched alkanes of at least 4 members (excludes halogenated alkanes) is 1. The molecule has 0 radical (unpaired) electrons. The van der Waals surface area contributed by atoms with E-state index >= 15 is 0 Å². The number of hydrogen-bond donors (Lipinski definition) is 3. The van der Waals surface area contributed by atoms with Gasteiger partial charge in [0, 0.05) is 48.4 Å². The van der Waals surface area contributed by atoms with Crippen molar-refractivity contribution < 1.29 is 23.9 Å². The van der Waals surface area contributed by atoms with Gasteiger partial charge in [-0.25, -0.2) is 4.79 Å². The monoisotopic (exact) mass is 530 g/mol. The SMILES string of the molecule is CNC(=O)C(CCC=O)N(C)Cc1c(C=O)cccc1OCCCCNC(=O)Nc1ccc(C)c(Cl)c1. The van der Waals surface area contributed by atoms with Crippen LogP contribution >= 0.6 is 11.6 Å². The molecule has 0 aliphatic carbocycles. The number of carbonyl (C=O) groups is 4. The molecule has 1 unspecified atom stereocenters. The van der Waals surface area contributed by atoms with Crippen molar-refractivity contribution in [2.24, 2.45) is 0 Å². The molecule has 3 N–H and O–H groups in total. The maximum Gasteiger partial charge on any atom is 0.319 e. The Hall–Kier alpha value is -3.43. The maximum atomic E-state index is 12.3. The summed E-state index contributed by atoms with van der Waals surface area (Å²) in [4.78, 5) is 48.8. The first kappa shape index (κ1) is 29.8. The summed E-state index contributed by atoms with van der Waals surface area (Å²) in [5.41, 5.74) is 2.71. The third kappa shape index (κ3) is 9.51. The molecular weight excluding hydrogens is 496 g/mol. The van der Waals surface area contributed by atoms with Gasteiger partial charge >= 0.3 is 6.03 Å². The molecule has 2 aromatic carbocycles. The number of nitrogens with zero attached hydrogens (tertiary/aromatic N) is 1. The summed E-state index contributed by atoms with van der Waals surface area (Å²) >= 11 is 6.09. The summed E-state index contributed by atoms with van der Waals surface area (Å²) in [6.07, 6.45) is 3.55. The summed E-state index contributed by atoms with van der Waals surface area (Å²) in [6, 6.07) is 9.73. The molecule has 0 aromatic heterocycles. The van der Waals surface area contributed by atoms with Crippen LogP contribution in [0.2, 0.25) is 5.02 Å². The lowest BCUT2D eigenvalue weighted by molar-refractivity contribution is -0.126. The van der Waals surface area contributed by atoms with Crippen LogP contribution in [0.1, 0.15) is 47.2 Å². The normalized spacial score (nSPS) is 11.5. The third-order valence-corrected chi connectivity index (χ3v) is 6.29. The fourth-order valence-electron chi connectivity index (χ4n) is 3.76. The molecule has 0 bridgehead atoms. The van der Waals surface area contributed by atoms with Gasteiger partial charge in [0.2, 0.25) is 5.91 Å². The number of benzene rings is 2. The largest absolute Gasteiger partial charge is 0.493 e. The second-order valence-corrected chi connectivity index (χ2v) is 9.04. The van der Waals surface area contributed by atoms with Crippen LogP contribution in [0.3, 0.4) is 0 Å². The van der Waals surface area contributed by atoms with E-state index in [9.17, 15) is 19.2 Å². The number of rotatable bonds is 15. The van der Waals surface area contributed by atoms with E-state index in [4.69, 9.17) is 16.3 Å². The van der Waals surface area contributed by atoms with E-state index in [1.54, 1.807) is 49.3 Å². The number of aryl methyl sites for hydroxylation is 1. The first-order valence-corrected chi connectivity index (χ1v) is 12.5. The minimum atomic E-state index is -0.518. The molecule has 0 aliphatic heterocycles. The summed E-state index contributed by atoms with van der Waals surface area (Å²) in [5, 5.41) is 8.76. The van der Waals surface area contributed by atoms with Gasteiger partial charge in [-0.2, -0.15) is 0 Å². The van der Waals surface area contributed by atoms with E-state index in [0.29, 0.717) is 66.5 Å². The lowest BCUT2D eigenvalue weighted by Crippen LogP contribution is -2.43. The van der Waals surface area contributed by atoms with Gasteiger partial charge in [0.05, 0.1) is 12.6 Å². The zero-order valence-electron chi connectivity index (χ0n) is 21.5. The van der Waals surface area contributed by atoms with Crippen LogP contribution in [-0.2, 0) is 16.1 Å². The molecule has 37 heavy (non-hydrogen) atoms. The number of ether oxygens (including phenoxy) is 1. The zero-order valence-corrected chi connectivity index (χ0v) is 22.3. The lowest BCUT2D eigenvalue weighted by atomic mass is 10.0. The molecule has 3 amide bonds. The van der Waals surface area contributed by atoms with Gasteiger partial charge in [-0.05, 0) is 57.0 Å². The molecule has 9 nitrogen and oxygen atoms in total. The topological polar surface area (TPSA) is 117 Å². The average Bonchev–Trinajstić information content (AvgIpc) is 2.88. The van der Waals surface area contributed by atoms with Crippen LogP contribution in [-0.4, -0.2) is 62.7 Å². The number of nitrogens with one attached hydrogen (secondary N) is 3. The van der Waals surface area contributed by atoms with E-state index in [1.807, 2.05) is 13.0 Å². The van der Waals surface area contributed by atoms with Crippen molar-refractivity contribution in [3.8, 4) is 5.75 Å². The number of urea groups is 1. The van der Waals surface area contributed by atoms with Crippen LogP contribution in [0, 0.1) is 6.92 Å². The van der Waals surface area contributed by atoms with Crippen molar-refractivity contribution in [3.63, 3.8) is 0 Å². The molecule has 0 saturated heterocycles. The second-order valence-electron chi connectivity index (χ2n) is 8.63. The molecule has 10 heteroatoms. The Labute approximate surface area is 222 Å². The van der Waals surface area contributed by atoms with Crippen molar-refractivity contribution in [2.75, 3.05) is 32.6 Å². The van der Waals surface area contributed by atoms with Crippen LogP contribution in [0.5, 0.6) is 5.75 Å². The first-order chi connectivity index (χ1) is 17.8. The number of carbonyl (C=O) groups excluding carboxylic acids is 4. The van der Waals surface area contributed by atoms with E-state index in [2.05, 4.69) is 16.0 Å². The maximum absolute atomic E-state index is 12.3. The van der Waals surface area contributed by atoms with Gasteiger partial charge < -0.3 is 25.5 Å². The van der Waals surface area contributed by atoms with Crippen molar-refractivity contribution >= 4 is 41.8 Å². The predicted molar refractivity (Wildman–Crippen MR) is 144 cm³/mol. The standard InChI is InChI=1S/C27H35ClN4O5/c1-19-11-12-21(16-23(19)28)31-27(36)30-13-4-5-15-37-25-10-6-8-20(18-34)22(25)17-32(3)24(9-7-14-33)26(35)29-2/h6,8,10-12,14,16,18,24H,4-5,7,9,13,15,17H2,1-3H3,(H,29,35)(H2,30,31,36). The number of aldehydes is 2. The van der Waals surface area contributed by atoms with E-state index in [0.717, 1.165) is 18.1 Å². The van der Waals surface area contributed by atoms with Gasteiger partial charge in [-0.1, -0.05) is 29.8 Å². The van der Waals surface area contributed by atoms with Crippen molar-refractivity contribution in [1.29, 1.82) is 0 Å². The summed E-state index contributed by atoms with van der Waals surface area (Å²) < 4.78 is 5.97. The summed E-state index contributed by atoms with van der Waals surface area (Å²) in [6.45, 7) is 3.04. The number of halogens is 1. The minimum Gasteiger partial charge on any atom is -0.493 e. The Morgan fingerprint density at radius 3 is 2.62 bits per heavy atom. The van der Waals surface area contributed by atoms with Gasteiger partial charge in [0.25, 0.3) is 0 Å². The van der Waals surface area contributed by atoms with Crippen molar-refractivity contribution in [3.05, 3.63) is 58.1 Å². The zero-order chi connectivity index (χ0) is 27.2. The molecule has 0 spiro atoms. The summed E-state index contributed by atoms with van der Waals surface area (Å²) in [5.74, 6) is 0.363. The molecular formula is C27H35ClN4O5. The van der Waals surface area contributed by atoms with Gasteiger partial charge in [0.15, 0.2) is 6.29 Å². The van der Waals surface area contributed by atoms with E-state index in [1.165, 1.54) is 0 Å². The average molecular weight is 531 g/mol. The van der Waals surface area contributed by atoms with Gasteiger partial charge in [0.1, 0.15) is 12.0 Å². The Balaban J connectivity index is 1.88. The molecule has 2 rings (SSSR count). The second kappa shape index (κ2) is 15.6. The number of likely N-dealkylation sites (N-methyl/N-ethyl adjacent to an activating group) is 2. The molecule has 0 saturated carbocycles. The highest BCUT2D eigenvalue weighted by Crippen LogP contribution is 2.25. The Morgan fingerprint density at radius 1 is 1.16 bits per heavy atom. The molecule has 0 fully saturated rings. The number of hydrogen-bond acceptors (Lipinski definition) is 6. The number of amides is 3. The Kier molecular flexibility index (Phi) is 12.6. The Morgan fingerprint density at radius 2 is 1.95 bits per heavy atom. The Bertz CT molecular complexity index is 1080. The van der Waals surface area contributed by atoms with E-state index in [-0.39, 0.29) is 18.4 Å². The molecule has 2 aromatic rings. The fraction of sp³-hybridized carbons (Fsp3) is 0.407. The highest BCUT2D eigenvalue weighted by molar-refractivity contribution is 6.31. The smallest absolute Gasteiger partial charge is 0.319 e. The van der Waals surface area contributed by atoms with Crippen LogP contribution in [0.15, 0.2) is 36.4 Å². The van der Waals surface area contributed by atoms with Crippen LogP contribution in [0.25, 0.3) is 0 Å². The third-order valence-electron chi connectivity index (χ3n) is 5.89. The quantitative estimate of drug-likeness (QED) is 0.237. The molecule has 0 aliphatic rings. The minimum absolute atomic E-state index is 0.197. The van der Waals surface area contributed by atoms with Crippen molar-refractivity contribution in [2.45, 2.75) is 45.2 Å². The summed E-state index contributed by atoms with van der Waals surface area (Å²) in [7, 11) is 3.33. The predicted octanol–water partition coefficient (Wildman–Crippen LogP) is 3.97. The van der Waals surface area contributed by atoms with Crippen LogP contribution < -0.4 is 20.7 Å². The lowest BCUT2D eigenvalue weighted by Gasteiger charge is -2.27. The van der Waals surface area contributed by atoms with Gasteiger partial charge in [-0.3, -0.25) is 14.5 Å². The fourth-order valence-corrected chi connectivity index (χ4v) is 3.94. The number of anilines is 1. The van der Waals surface area contributed by atoms with Crippen LogP contribution in [0.4, 0.5) is 10.5 Å². The molecule has 1 atom stereocenters. The van der Waals surface area contributed by atoms with Gasteiger partial charge in [-0.15, -0.1) is 0 Å². The first-order valence-electron chi connectivity index (χ1n) is 12.2.